The van der Waals surface area contributed by atoms with Crippen molar-refractivity contribution in [1.82, 2.24) is 10.2 Å². The van der Waals surface area contributed by atoms with Gasteiger partial charge in [-0.2, -0.15) is 0 Å². The Labute approximate surface area is 243 Å². The zero-order valence-electron chi connectivity index (χ0n) is 21.6. The first-order chi connectivity index (χ1) is 19.2. The average Bonchev–Trinajstić information content (AvgIpc) is 3.19. The summed E-state index contributed by atoms with van der Waals surface area (Å²) in [6.45, 7) is 1.60. The average molecular weight is 656 g/mol. The number of para-hydroxylation sites is 1. The number of hydrogen-bond acceptors (Lipinski definition) is 7. The van der Waals surface area contributed by atoms with Crippen LogP contribution in [0.3, 0.4) is 0 Å². The first kappa shape index (κ1) is 28.5. The number of methoxy groups -OCH3 is 1. The summed E-state index contributed by atoms with van der Waals surface area (Å²) in [7, 11) is 1.46. The number of anilines is 1. The Hall–Kier alpha value is -4.46. The number of nitro groups is 1. The number of non-ortho nitro benzene ring substituents is 1. The maximum Gasteiger partial charge on any atom is 0.329 e. The third kappa shape index (κ3) is 6.57. The van der Waals surface area contributed by atoms with E-state index in [-0.39, 0.29) is 18.0 Å². The Bertz CT molecular complexity index is 1520. The van der Waals surface area contributed by atoms with Crippen LogP contribution in [-0.4, -0.2) is 41.3 Å². The van der Waals surface area contributed by atoms with E-state index in [1.54, 1.807) is 36.4 Å². The van der Waals surface area contributed by atoms with Gasteiger partial charge in [-0.3, -0.25) is 19.7 Å². The van der Waals surface area contributed by atoms with Crippen LogP contribution in [0.5, 0.6) is 11.5 Å². The number of rotatable bonds is 10. The number of hydrogen-bond donors (Lipinski definition) is 2. The molecule has 0 saturated carbocycles. The van der Waals surface area contributed by atoms with Gasteiger partial charge in [-0.25, -0.2) is 9.69 Å². The van der Waals surface area contributed by atoms with Gasteiger partial charge in [0.05, 0.1) is 15.6 Å². The molecule has 206 valence electrons. The molecule has 0 aliphatic carbocycles. The molecule has 4 rings (SSSR count). The van der Waals surface area contributed by atoms with E-state index in [0.717, 1.165) is 10.5 Å². The minimum absolute atomic E-state index is 0.00914. The fourth-order valence-electron chi connectivity index (χ4n) is 4.04. The van der Waals surface area contributed by atoms with E-state index in [9.17, 15) is 24.5 Å². The van der Waals surface area contributed by atoms with Crippen molar-refractivity contribution in [2.45, 2.75) is 20.0 Å². The predicted octanol–water partition coefficient (Wildman–Crippen LogP) is 4.88. The number of nitrogens with one attached hydrogen (secondary N) is 2. The zero-order valence-corrected chi connectivity index (χ0v) is 23.8. The van der Waals surface area contributed by atoms with Crippen LogP contribution in [0, 0.1) is 13.7 Å². The van der Waals surface area contributed by atoms with Gasteiger partial charge in [-0.1, -0.05) is 37.3 Å². The molecule has 1 fully saturated rings. The van der Waals surface area contributed by atoms with Gasteiger partial charge in [0.25, 0.3) is 11.6 Å². The molecule has 0 unspecified atom stereocenters. The van der Waals surface area contributed by atoms with Gasteiger partial charge >= 0.3 is 6.03 Å². The predicted molar refractivity (Wildman–Crippen MR) is 156 cm³/mol. The Morgan fingerprint density at radius 1 is 1.15 bits per heavy atom. The highest BCUT2D eigenvalue weighted by atomic mass is 127. The Morgan fingerprint density at radius 2 is 1.93 bits per heavy atom. The second kappa shape index (κ2) is 12.6. The van der Waals surface area contributed by atoms with Crippen LogP contribution in [0.4, 0.5) is 16.2 Å². The van der Waals surface area contributed by atoms with E-state index in [2.05, 4.69) is 10.6 Å². The lowest BCUT2D eigenvalue weighted by Crippen LogP contribution is -2.38. The van der Waals surface area contributed by atoms with Gasteiger partial charge in [0, 0.05) is 17.8 Å². The van der Waals surface area contributed by atoms with Gasteiger partial charge < -0.3 is 20.1 Å². The van der Waals surface area contributed by atoms with Crippen LogP contribution in [0.2, 0.25) is 0 Å². The molecule has 11 nitrogen and oxygen atoms in total. The third-order valence-corrected chi connectivity index (χ3v) is 6.81. The summed E-state index contributed by atoms with van der Waals surface area (Å²) >= 11 is 2.05. The fraction of sp³-hybridized carbons (Fsp3) is 0.179. The number of ether oxygens (including phenoxy) is 2. The van der Waals surface area contributed by atoms with Crippen molar-refractivity contribution in [3.63, 3.8) is 0 Å². The summed E-state index contributed by atoms with van der Waals surface area (Å²) in [6.07, 6.45) is 2.20. The third-order valence-electron chi connectivity index (χ3n) is 6.00. The lowest BCUT2D eigenvalue weighted by atomic mass is 10.1. The number of carbonyl (C=O) groups excluding carboxylic acids is 3. The Morgan fingerprint density at radius 3 is 2.65 bits per heavy atom. The summed E-state index contributed by atoms with van der Waals surface area (Å²) < 4.78 is 12.0. The SMILES string of the molecule is CCc1ccccc1NC(=O)CN1C(=O)N/C(=C/c2cc(I)c(OCc3cccc([N+](=O)[O-])c3)c(OC)c2)C1=O. The molecule has 0 atom stereocenters. The molecule has 0 bridgehead atoms. The molecule has 0 radical (unpaired) electrons. The first-order valence-electron chi connectivity index (χ1n) is 12.2. The van der Waals surface area contributed by atoms with Crippen molar-refractivity contribution >= 4 is 57.9 Å². The van der Waals surface area contributed by atoms with Crippen LogP contribution < -0.4 is 20.1 Å². The molecule has 3 aromatic carbocycles. The van der Waals surface area contributed by atoms with Crippen LogP contribution in [0.15, 0.2) is 66.4 Å². The van der Waals surface area contributed by atoms with E-state index in [4.69, 9.17) is 9.47 Å². The summed E-state index contributed by atoms with van der Waals surface area (Å²) in [5, 5.41) is 16.3. The largest absolute Gasteiger partial charge is 0.493 e. The highest BCUT2D eigenvalue weighted by Crippen LogP contribution is 2.35. The normalized spacial score (nSPS) is 13.8. The molecule has 4 amide bonds. The molecule has 0 aromatic heterocycles. The van der Waals surface area contributed by atoms with Crippen LogP contribution in [0.25, 0.3) is 6.08 Å². The minimum Gasteiger partial charge on any atom is -0.493 e. The fourth-order valence-corrected chi connectivity index (χ4v) is 4.83. The highest BCUT2D eigenvalue weighted by molar-refractivity contribution is 14.1. The number of halogens is 1. The number of aryl methyl sites for hydroxylation is 1. The van der Waals surface area contributed by atoms with Crippen molar-refractivity contribution in [3.8, 4) is 11.5 Å². The monoisotopic (exact) mass is 656 g/mol. The van der Waals surface area contributed by atoms with Gasteiger partial charge in [0.2, 0.25) is 5.91 Å². The molecule has 12 heteroatoms. The van der Waals surface area contributed by atoms with Gasteiger partial charge in [0.15, 0.2) is 11.5 Å². The number of amides is 4. The van der Waals surface area contributed by atoms with Gasteiger partial charge in [0.1, 0.15) is 18.8 Å². The summed E-state index contributed by atoms with van der Waals surface area (Å²) in [5.74, 6) is -0.341. The Balaban J connectivity index is 1.47. The molecular weight excluding hydrogens is 631 g/mol. The lowest BCUT2D eigenvalue weighted by molar-refractivity contribution is -0.384. The number of carbonyl (C=O) groups is 3. The molecule has 2 N–H and O–H groups in total. The van der Waals surface area contributed by atoms with Crippen molar-refractivity contribution in [2.24, 2.45) is 0 Å². The summed E-state index contributed by atoms with van der Waals surface area (Å²) in [5.41, 5.74) is 2.71. The minimum atomic E-state index is -0.700. The molecule has 3 aromatic rings. The number of nitrogens with zero attached hydrogens (tertiary/aromatic N) is 2. The number of nitro benzene ring substituents is 1. The standard InChI is InChI=1S/C28H25IN4O7/c1-3-19-8-4-5-10-22(19)30-25(34)15-32-27(35)23(31-28(32)36)13-18-12-21(29)26(24(14-18)39-2)40-16-17-7-6-9-20(11-17)33(37)38/h4-14H,3,15-16H2,1-2H3,(H,30,34)(H,31,36)/b23-13+. The highest BCUT2D eigenvalue weighted by Gasteiger charge is 2.35. The summed E-state index contributed by atoms with van der Waals surface area (Å²) in [6, 6.07) is 16.1. The quantitative estimate of drug-likeness (QED) is 0.104. The van der Waals surface area contributed by atoms with Gasteiger partial charge in [-0.15, -0.1) is 0 Å². The first-order valence-corrected chi connectivity index (χ1v) is 13.2. The van der Waals surface area contributed by atoms with Crippen molar-refractivity contribution in [1.29, 1.82) is 0 Å². The molecule has 1 heterocycles. The van der Waals surface area contributed by atoms with E-state index < -0.39 is 29.3 Å². The molecule has 40 heavy (non-hydrogen) atoms. The summed E-state index contributed by atoms with van der Waals surface area (Å²) in [4.78, 5) is 49.5. The van der Waals surface area contributed by atoms with Crippen LogP contribution in [-0.2, 0) is 22.6 Å². The van der Waals surface area contributed by atoms with E-state index in [0.29, 0.717) is 38.3 Å². The number of imide groups is 1. The van der Waals surface area contributed by atoms with Crippen molar-refractivity contribution in [3.05, 3.63) is 96.7 Å². The van der Waals surface area contributed by atoms with Crippen LogP contribution >= 0.6 is 22.6 Å². The second-order valence-electron chi connectivity index (χ2n) is 8.69. The number of benzene rings is 3. The van der Waals surface area contributed by atoms with Crippen LogP contribution in [0.1, 0.15) is 23.6 Å². The molecule has 1 saturated heterocycles. The van der Waals surface area contributed by atoms with Crippen molar-refractivity contribution in [2.75, 3.05) is 19.0 Å². The molecular formula is C28H25IN4O7. The second-order valence-corrected chi connectivity index (χ2v) is 9.85. The maximum atomic E-state index is 13.0. The van der Waals surface area contributed by atoms with Gasteiger partial charge in [-0.05, 0) is 70.0 Å². The maximum absolute atomic E-state index is 13.0. The van der Waals surface area contributed by atoms with E-state index in [1.165, 1.54) is 25.3 Å². The molecule has 1 aliphatic heterocycles. The molecule has 0 spiro atoms. The van der Waals surface area contributed by atoms with Crippen molar-refractivity contribution < 1.29 is 28.8 Å². The van der Waals surface area contributed by atoms with E-state index >= 15 is 0 Å². The smallest absolute Gasteiger partial charge is 0.329 e. The topological polar surface area (TPSA) is 140 Å². The Kier molecular flexibility index (Phi) is 8.99. The molecule has 1 aliphatic rings. The van der Waals surface area contributed by atoms with E-state index in [1.807, 2.05) is 41.6 Å². The number of urea groups is 1. The lowest BCUT2D eigenvalue weighted by Gasteiger charge is -2.14. The zero-order chi connectivity index (χ0) is 28.8.